The van der Waals surface area contributed by atoms with Crippen LogP contribution in [0.5, 0.6) is 0 Å². The van der Waals surface area contributed by atoms with Crippen molar-refractivity contribution >= 4 is 11.5 Å². The van der Waals surface area contributed by atoms with Crippen molar-refractivity contribution in [3.8, 4) is 0 Å². The van der Waals surface area contributed by atoms with E-state index in [9.17, 15) is 0 Å². The lowest BCUT2D eigenvalue weighted by molar-refractivity contribution is 0.226. The SMILES string of the molecule is CC(CO)C(C)Nc1cccc2nccn12. The Hall–Kier alpha value is -1.55. The first-order valence-corrected chi connectivity index (χ1v) is 5.52. The van der Waals surface area contributed by atoms with Gasteiger partial charge in [-0.1, -0.05) is 13.0 Å². The number of aromatic nitrogens is 2. The Labute approximate surface area is 94.9 Å². The fraction of sp³-hybridized carbons (Fsp3) is 0.417. The van der Waals surface area contributed by atoms with Crippen LogP contribution < -0.4 is 5.32 Å². The minimum absolute atomic E-state index is 0.189. The first-order valence-electron chi connectivity index (χ1n) is 5.52. The summed E-state index contributed by atoms with van der Waals surface area (Å²) in [4.78, 5) is 4.23. The van der Waals surface area contributed by atoms with E-state index in [4.69, 9.17) is 5.11 Å². The highest BCUT2D eigenvalue weighted by Gasteiger charge is 2.11. The van der Waals surface area contributed by atoms with Gasteiger partial charge in [-0.2, -0.15) is 0 Å². The third-order valence-electron chi connectivity index (χ3n) is 2.95. The number of fused-ring (bicyclic) bond motifs is 1. The van der Waals surface area contributed by atoms with E-state index in [1.165, 1.54) is 0 Å². The van der Waals surface area contributed by atoms with Crippen molar-refractivity contribution in [2.75, 3.05) is 11.9 Å². The van der Waals surface area contributed by atoms with Crippen LogP contribution in [0.25, 0.3) is 5.65 Å². The molecule has 2 N–H and O–H groups in total. The van der Waals surface area contributed by atoms with E-state index in [0.29, 0.717) is 0 Å². The highest BCUT2D eigenvalue weighted by molar-refractivity contribution is 5.50. The van der Waals surface area contributed by atoms with Crippen LogP contribution in [-0.4, -0.2) is 27.1 Å². The van der Waals surface area contributed by atoms with E-state index in [-0.39, 0.29) is 18.6 Å². The molecule has 2 aromatic heterocycles. The average molecular weight is 219 g/mol. The molecule has 0 aromatic carbocycles. The van der Waals surface area contributed by atoms with Crippen LogP contribution >= 0.6 is 0 Å². The highest BCUT2D eigenvalue weighted by Crippen LogP contribution is 2.14. The third kappa shape index (κ3) is 2.02. The number of nitrogens with zero attached hydrogens (tertiary/aromatic N) is 2. The van der Waals surface area contributed by atoms with Crippen LogP contribution in [0.3, 0.4) is 0 Å². The fourth-order valence-electron chi connectivity index (χ4n) is 1.60. The van der Waals surface area contributed by atoms with Crippen molar-refractivity contribution in [3.63, 3.8) is 0 Å². The molecule has 0 bridgehead atoms. The standard InChI is InChI=1S/C12H17N3O/c1-9(8-16)10(2)14-12-5-3-4-11-13-6-7-15(11)12/h3-7,9-10,14,16H,8H2,1-2H3. The fourth-order valence-corrected chi connectivity index (χ4v) is 1.60. The summed E-state index contributed by atoms with van der Waals surface area (Å²) in [6.07, 6.45) is 3.70. The molecule has 0 aliphatic carbocycles. The molecule has 86 valence electrons. The van der Waals surface area contributed by atoms with Crippen LogP contribution in [0.1, 0.15) is 13.8 Å². The summed E-state index contributed by atoms with van der Waals surface area (Å²) in [6, 6.07) is 6.17. The number of aliphatic hydroxyl groups is 1. The monoisotopic (exact) mass is 219 g/mol. The van der Waals surface area contributed by atoms with Gasteiger partial charge >= 0.3 is 0 Å². The van der Waals surface area contributed by atoms with Crippen LogP contribution in [-0.2, 0) is 0 Å². The molecule has 2 rings (SSSR count). The molecule has 2 unspecified atom stereocenters. The van der Waals surface area contributed by atoms with E-state index in [1.54, 1.807) is 6.20 Å². The number of nitrogens with one attached hydrogen (secondary N) is 1. The molecule has 0 radical (unpaired) electrons. The first-order chi connectivity index (χ1) is 7.72. The summed E-state index contributed by atoms with van der Waals surface area (Å²) in [5.74, 6) is 1.22. The van der Waals surface area contributed by atoms with Crippen molar-refractivity contribution in [1.29, 1.82) is 0 Å². The summed E-state index contributed by atoms with van der Waals surface area (Å²) in [6.45, 7) is 4.27. The predicted octanol–water partition coefficient (Wildman–Crippen LogP) is 1.76. The molecule has 0 saturated heterocycles. The Morgan fingerprint density at radius 3 is 3.00 bits per heavy atom. The molecule has 16 heavy (non-hydrogen) atoms. The highest BCUT2D eigenvalue weighted by atomic mass is 16.3. The maximum Gasteiger partial charge on any atom is 0.138 e. The Morgan fingerprint density at radius 2 is 2.25 bits per heavy atom. The van der Waals surface area contributed by atoms with E-state index < -0.39 is 0 Å². The Kier molecular flexibility index (Phi) is 3.10. The van der Waals surface area contributed by atoms with Gasteiger partial charge in [0.25, 0.3) is 0 Å². The van der Waals surface area contributed by atoms with E-state index in [0.717, 1.165) is 11.5 Å². The smallest absolute Gasteiger partial charge is 0.138 e. The van der Waals surface area contributed by atoms with E-state index in [1.807, 2.05) is 35.7 Å². The number of aliphatic hydroxyl groups excluding tert-OH is 1. The topological polar surface area (TPSA) is 49.6 Å². The van der Waals surface area contributed by atoms with Crippen molar-refractivity contribution in [3.05, 3.63) is 30.6 Å². The summed E-state index contributed by atoms with van der Waals surface area (Å²) < 4.78 is 2.00. The van der Waals surface area contributed by atoms with Gasteiger partial charge in [0.2, 0.25) is 0 Å². The second kappa shape index (κ2) is 4.53. The Morgan fingerprint density at radius 1 is 1.44 bits per heavy atom. The van der Waals surface area contributed by atoms with Crippen molar-refractivity contribution < 1.29 is 5.11 Å². The number of hydrogen-bond acceptors (Lipinski definition) is 3. The zero-order valence-electron chi connectivity index (χ0n) is 9.59. The molecule has 4 nitrogen and oxygen atoms in total. The average Bonchev–Trinajstić information content (AvgIpc) is 2.77. The molecule has 2 atom stereocenters. The number of imidazole rings is 1. The molecule has 0 aliphatic rings. The number of anilines is 1. The van der Waals surface area contributed by atoms with E-state index >= 15 is 0 Å². The lowest BCUT2D eigenvalue weighted by atomic mass is 10.1. The molecule has 4 heteroatoms. The van der Waals surface area contributed by atoms with Gasteiger partial charge in [-0.05, 0) is 25.0 Å². The van der Waals surface area contributed by atoms with Gasteiger partial charge in [-0.3, -0.25) is 4.40 Å². The van der Waals surface area contributed by atoms with Crippen LogP contribution in [0.2, 0.25) is 0 Å². The van der Waals surface area contributed by atoms with Gasteiger partial charge in [0.15, 0.2) is 0 Å². The molecule has 2 aromatic rings. The molecule has 0 amide bonds. The summed E-state index contributed by atoms with van der Waals surface area (Å²) in [5, 5.41) is 12.5. The van der Waals surface area contributed by atoms with Crippen LogP contribution in [0.4, 0.5) is 5.82 Å². The van der Waals surface area contributed by atoms with Crippen LogP contribution in [0, 0.1) is 5.92 Å². The van der Waals surface area contributed by atoms with Crippen molar-refractivity contribution in [2.24, 2.45) is 5.92 Å². The number of hydrogen-bond donors (Lipinski definition) is 2. The van der Waals surface area contributed by atoms with Crippen LogP contribution in [0.15, 0.2) is 30.6 Å². The molecular formula is C12H17N3O. The molecule has 0 aliphatic heterocycles. The Bertz CT molecular complexity index is 466. The maximum absolute atomic E-state index is 9.10. The third-order valence-corrected chi connectivity index (χ3v) is 2.95. The summed E-state index contributed by atoms with van der Waals surface area (Å²) >= 11 is 0. The number of pyridine rings is 1. The van der Waals surface area contributed by atoms with Gasteiger partial charge in [0.05, 0.1) is 0 Å². The van der Waals surface area contributed by atoms with Gasteiger partial charge in [-0.15, -0.1) is 0 Å². The molecule has 0 fully saturated rings. The largest absolute Gasteiger partial charge is 0.396 e. The normalized spacial score (nSPS) is 14.9. The Balaban J connectivity index is 2.23. The predicted molar refractivity (Wildman–Crippen MR) is 64.5 cm³/mol. The molecule has 0 saturated carbocycles. The first kappa shape index (κ1) is 11.0. The maximum atomic E-state index is 9.10. The minimum Gasteiger partial charge on any atom is -0.396 e. The summed E-state index contributed by atoms with van der Waals surface area (Å²) in [5.41, 5.74) is 0.925. The zero-order chi connectivity index (χ0) is 11.5. The van der Waals surface area contributed by atoms with Gasteiger partial charge in [-0.25, -0.2) is 4.98 Å². The minimum atomic E-state index is 0.189. The number of rotatable bonds is 4. The van der Waals surface area contributed by atoms with Gasteiger partial charge in [0.1, 0.15) is 11.5 Å². The quantitative estimate of drug-likeness (QED) is 0.823. The lowest BCUT2D eigenvalue weighted by Crippen LogP contribution is -2.27. The summed E-state index contributed by atoms with van der Waals surface area (Å²) in [7, 11) is 0. The second-order valence-electron chi connectivity index (χ2n) is 4.16. The van der Waals surface area contributed by atoms with E-state index in [2.05, 4.69) is 17.2 Å². The van der Waals surface area contributed by atoms with Crippen molar-refractivity contribution in [2.45, 2.75) is 19.9 Å². The lowest BCUT2D eigenvalue weighted by Gasteiger charge is -2.21. The molecular weight excluding hydrogens is 202 g/mol. The molecule has 0 spiro atoms. The molecule has 2 heterocycles. The second-order valence-corrected chi connectivity index (χ2v) is 4.16. The zero-order valence-corrected chi connectivity index (χ0v) is 9.59. The van der Waals surface area contributed by atoms with Gasteiger partial charge < -0.3 is 10.4 Å². The van der Waals surface area contributed by atoms with Gasteiger partial charge in [0, 0.05) is 25.0 Å². The van der Waals surface area contributed by atoms with Crippen molar-refractivity contribution in [1.82, 2.24) is 9.38 Å².